The number of methoxy groups -OCH3 is 1. The number of rotatable bonds is 4. The minimum atomic E-state index is -0.282. The van der Waals surface area contributed by atoms with Crippen LogP contribution < -0.4 is 4.74 Å². The molecule has 7 nitrogen and oxygen atoms in total. The van der Waals surface area contributed by atoms with Gasteiger partial charge in [-0.15, -0.1) is 5.10 Å². The summed E-state index contributed by atoms with van der Waals surface area (Å²) in [5.41, 5.74) is 2.13. The number of hydrogen-bond acceptors (Lipinski definition) is 5. The average molecular weight is 364 g/mol. The monoisotopic (exact) mass is 364 g/mol. The van der Waals surface area contributed by atoms with Crippen LogP contribution in [0.3, 0.4) is 0 Å². The lowest BCUT2D eigenvalue weighted by molar-refractivity contribution is -0.00392. The fourth-order valence-electron chi connectivity index (χ4n) is 3.20. The Hall–Kier alpha value is -3.19. The molecule has 1 aliphatic rings. The molecule has 2 heterocycles. The van der Waals surface area contributed by atoms with Crippen LogP contribution in [-0.4, -0.2) is 52.7 Å². The summed E-state index contributed by atoms with van der Waals surface area (Å²) in [6.07, 6.45) is 1.82. The summed E-state index contributed by atoms with van der Waals surface area (Å²) < 4.78 is 12.7. The molecule has 0 aliphatic carbocycles. The second-order valence-electron chi connectivity index (χ2n) is 6.22. The summed E-state index contributed by atoms with van der Waals surface area (Å²) in [4.78, 5) is 14.8. The first-order valence-electron chi connectivity index (χ1n) is 8.77. The molecule has 0 spiro atoms. The van der Waals surface area contributed by atoms with E-state index in [-0.39, 0.29) is 11.9 Å². The summed E-state index contributed by atoms with van der Waals surface area (Å²) in [7, 11) is 1.62. The van der Waals surface area contributed by atoms with Crippen LogP contribution in [0.2, 0.25) is 0 Å². The molecular formula is C20H20N4O3. The molecule has 1 amide bonds. The summed E-state index contributed by atoms with van der Waals surface area (Å²) in [5.74, 6) is 0.668. The quantitative estimate of drug-likeness (QED) is 0.711. The Morgan fingerprint density at radius 3 is 2.74 bits per heavy atom. The lowest BCUT2D eigenvalue weighted by Crippen LogP contribution is -2.43. The second kappa shape index (κ2) is 7.59. The van der Waals surface area contributed by atoms with Gasteiger partial charge in [-0.1, -0.05) is 35.5 Å². The van der Waals surface area contributed by atoms with E-state index < -0.39 is 0 Å². The van der Waals surface area contributed by atoms with Gasteiger partial charge in [0, 0.05) is 12.1 Å². The predicted octanol–water partition coefficient (Wildman–Crippen LogP) is 2.49. The molecule has 0 N–H and O–H groups in total. The maximum atomic E-state index is 13.0. The van der Waals surface area contributed by atoms with Crippen molar-refractivity contribution in [2.75, 3.05) is 26.9 Å². The van der Waals surface area contributed by atoms with E-state index in [9.17, 15) is 4.79 Å². The number of hydrogen-bond donors (Lipinski definition) is 0. The lowest BCUT2D eigenvalue weighted by atomic mass is 10.1. The lowest BCUT2D eigenvalue weighted by Gasteiger charge is -2.34. The van der Waals surface area contributed by atoms with Gasteiger partial charge in [-0.25, -0.2) is 4.68 Å². The molecule has 0 saturated carbocycles. The normalized spacial score (nSPS) is 16.9. The minimum absolute atomic E-state index is 0.0317. The van der Waals surface area contributed by atoms with Crippen LogP contribution in [0.15, 0.2) is 60.8 Å². The Labute approximate surface area is 157 Å². The van der Waals surface area contributed by atoms with Gasteiger partial charge in [0.2, 0.25) is 0 Å². The van der Waals surface area contributed by atoms with E-state index in [2.05, 4.69) is 10.3 Å². The molecule has 1 fully saturated rings. The number of carbonyl (C=O) groups excluding carboxylic acids is 1. The van der Waals surface area contributed by atoms with Gasteiger partial charge >= 0.3 is 0 Å². The highest BCUT2D eigenvalue weighted by molar-refractivity contribution is 5.94. The van der Waals surface area contributed by atoms with Gasteiger partial charge in [-0.3, -0.25) is 4.79 Å². The predicted molar refractivity (Wildman–Crippen MR) is 98.9 cm³/mol. The van der Waals surface area contributed by atoms with E-state index in [1.807, 2.05) is 60.8 Å². The molecule has 0 radical (unpaired) electrons. The Bertz CT molecular complexity index is 926. The molecule has 7 heteroatoms. The van der Waals surface area contributed by atoms with Crippen LogP contribution >= 0.6 is 0 Å². The van der Waals surface area contributed by atoms with Crippen molar-refractivity contribution in [3.63, 3.8) is 0 Å². The van der Waals surface area contributed by atoms with Gasteiger partial charge in [0.15, 0.2) is 0 Å². The van der Waals surface area contributed by atoms with Gasteiger partial charge in [-0.2, -0.15) is 0 Å². The topological polar surface area (TPSA) is 69.5 Å². The molecule has 1 atom stereocenters. The third-order valence-electron chi connectivity index (χ3n) is 4.59. The number of para-hydroxylation sites is 2. The molecule has 4 rings (SSSR count). The third-order valence-corrected chi connectivity index (χ3v) is 4.59. The summed E-state index contributed by atoms with van der Waals surface area (Å²) in [6.45, 7) is 1.42. The highest BCUT2D eigenvalue weighted by Gasteiger charge is 2.31. The van der Waals surface area contributed by atoms with Crippen LogP contribution in [0.25, 0.3) is 5.69 Å². The van der Waals surface area contributed by atoms with Crippen molar-refractivity contribution in [1.82, 2.24) is 19.9 Å². The number of ether oxygens (including phenoxy) is 2. The van der Waals surface area contributed by atoms with E-state index in [1.54, 1.807) is 16.7 Å². The standard InChI is InChI=1S/C20H20N4O3/c1-26-19-10-6-5-9-17(19)24-13-16(21-22-24)18-14-27-12-11-23(18)20(25)15-7-3-2-4-8-15/h2-10,13,18H,11-12,14H2,1H3. The zero-order chi connectivity index (χ0) is 18.6. The van der Waals surface area contributed by atoms with E-state index in [4.69, 9.17) is 9.47 Å². The van der Waals surface area contributed by atoms with Crippen molar-refractivity contribution >= 4 is 5.91 Å². The molecular weight excluding hydrogens is 344 g/mol. The fraction of sp³-hybridized carbons (Fsp3) is 0.250. The number of amides is 1. The van der Waals surface area contributed by atoms with Crippen LogP contribution in [0.1, 0.15) is 22.1 Å². The maximum Gasteiger partial charge on any atom is 0.254 e. The molecule has 1 saturated heterocycles. The number of morpholine rings is 1. The molecule has 138 valence electrons. The summed E-state index contributed by atoms with van der Waals surface area (Å²) in [5, 5.41) is 8.53. The van der Waals surface area contributed by atoms with Crippen LogP contribution in [-0.2, 0) is 4.74 Å². The molecule has 1 aromatic heterocycles. The van der Waals surface area contributed by atoms with Crippen LogP contribution in [0.5, 0.6) is 5.75 Å². The van der Waals surface area contributed by atoms with E-state index in [0.29, 0.717) is 36.8 Å². The molecule has 27 heavy (non-hydrogen) atoms. The van der Waals surface area contributed by atoms with Gasteiger partial charge < -0.3 is 14.4 Å². The smallest absolute Gasteiger partial charge is 0.254 e. The molecule has 3 aromatic rings. The minimum Gasteiger partial charge on any atom is -0.494 e. The number of carbonyl (C=O) groups is 1. The Morgan fingerprint density at radius 1 is 1.15 bits per heavy atom. The maximum absolute atomic E-state index is 13.0. The second-order valence-corrected chi connectivity index (χ2v) is 6.22. The number of benzene rings is 2. The average Bonchev–Trinajstić information content (AvgIpc) is 3.24. The first-order chi connectivity index (χ1) is 13.3. The summed E-state index contributed by atoms with van der Waals surface area (Å²) in [6, 6.07) is 16.6. The molecule has 2 aromatic carbocycles. The third kappa shape index (κ3) is 3.41. The van der Waals surface area contributed by atoms with Crippen molar-refractivity contribution < 1.29 is 14.3 Å². The first-order valence-corrected chi connectivity index (χ1v) is 8.77. The van der Waals surface area contributed by atoms with Crippen LogP contribution in [0, 0.1) is 0 Å². The molecule has 1 aliphatic heterocycles. The highest BCUT2D eigenvalue weighted by atomic mass is 16.5. The van der Waals surface area contributed by atoms with Crippen molar-refractivity contribution in [2.24, 2.45) is 0 Å². The van der Waals surface area contributed by atoms with Crippen molar-refractivity contribution in [3.05, 3.63) is 72.1 Å². The summed E-state index contributed by atoms with van der Waals surface area (Å²) >= 11 is 0. The van der Waals surface area contributed by atoms with Crippen LogP contribution in [0.4, 0.5) is 0 Å². The van der Waals surface area contributed by atoms with Gasteiger partial charge in [0.05, 0.1) is 26.5 Å². The van der Waals surface area contributed by atoms with Gasteiger partial charge in [0.25, 0.3) is 5.91 Å². The number of aromatic nitrogens is 3. The van der Waals surface area contributed by atoms with Crippen molar-refractivity contribution in [3.8, 4) is 11.4 Å². The Balaban J connectivity index is 1.63. The van der Waals surface area contributed by atoms with Gasteiger partial charge in [-0.05, 0) is 24.3 Å². The Kier molecular flexibility index (Phi) is 4.84. The molecule has 1 unspecified atom stereocenters. The van der Waals surface area contributed by atoms with E-state index in [1.165, 1.54) is 0 Å². The van der Waals surface area contributed by atoms with E-state index >= 15 is 0 Å². The molecule has 0 bridgehead atoms. The largest absolute Gasteiger partial charge is 0.494 e. The zero-order valence-corrected chi connectivity index (χ0v) is 15.0. The SMILES string of the molecule is COc1ccccc1-n1cc(C2COCCN2C(=O)c2ccccc2)nn1. The van der Waals surface area contributed by atoms with Crippen molar-refractivity contribution in [2.45, 2.75) is 6.04 Å². The Morgan fingerprint density at radius 2 is 1.93 bits per heavy atom. The van der Waals surface area contributed by atoms with E-state index in [0.717, 1.165) is 5.69 Å². The zero-order valence-electron chi connectivity index (χ0n) is 15.0. The first kappa shape index (κ1) is 17.2. The van der Waals surface area contributed by atoms with Crippen molar-refractivity contribution in [1.29, 1.82) is 0 Å². The van der Waals surface area contributed by atoms with Gasteiger partial charge in [0.1, 0.15) is 23.2 Å². The number of nitrogens with zero attached hydrogens (tertiary/aromatic N) is 4. The highest BCUT2D eigenvalue weighted by Crippen LogP contribution is 2.27. The fourth-order valence-corrected chi connectivity index (χ4v) is 3.20.